The molecule has 25 rings (SSSR count). The third-order valence-electron chi connectivity index (χ3n) is 28.4. The molecule has 37 heteroatoms. The van der Waals surface area contributed by atoms with Gasteiger partial charge in [-0.1, -0.05) is 18.2 Å². The van der Waals surface area contributed by atoms with E-state index in [1.54, 1.807) is 56.9 Å². The molecule has 0 amide bonds. The number of alkyl halides is 1. The molecule has 15 aliphatic rings. The van der Waals surface area contributed by atoms with Crippen molar-refractivity contribution in [3.63, 3.8) is 0 Å². The molecule has 0 bridgehead atoms. The molecule has 754 valence electrons. The molecule has 8 saturated heterocycles. The first kappa shape index (κ1) is 97.4. The van der Waals surface area contributed by atoms with Gasteiger partial charge in [0.25, 0.3) is 0 Å². The molecule has 5 aromatic heterocycles. The number of halogens is 3. The zero-order valence-corrected chi connectivity index (χ0v) is 82.3. The molecular weight excluding hydrogens is 1840 g/mol. The Morgan fingerprint density at radius 2 is 0.660 bits per heavy atom. The van der Waals surface area contributed by atoms with E-state index >= 15 is 0 Å². The number of anilines is 5. The van der Waals surface area contributed by atoms with Gasteiger partial charge in [-0.05, 0) is 142 Å². The number of nitrogens with zero attached hydrogens (tertiary/aromatic N) is 22. The summed E-state index contributed by atoms with van der Waals surface area (Å²) in [4.78, 5) is 84.0. The Morgan fingerprint density at radius 3 is 0.972 bits per heavy atom. The van der Waals surface area contributed by atoms with Crippen molar-refractivity contribution in [2.75, 3.05) is 216 Å². The molecule has 5 atom stereocenters. The van der Waals surface area contributed by atoms with Crippen molar-refractivity contribution in [3.8, 4) is 28.7 Å². The van der Waals surface area contributed by atoms with Gasteiger partial charge in [0, 0.05) is 189 Å². The third-order valence-corrected chi connectivity index (χ3v) is 28.4. The molecule has 144 heavy (non-hydrogen) atoms. The van der Waals surface area contributed by atoms with Crippen LogP contribution in [0.3, 0.4) is 0 Å². The standard InChI is InChI=1S/C23H28FN5O2.C22H25F2N5O.C22H26N4O3.2C20H22N4O3/c1-23(3-4-23)31-20-12-17-16(11-18(20)24)14-25-22(17)19-13-21(27-15-26-19)29-7-5-28(6-8-29)9-10-30-2;1-22(2-3-22)30-19-11-16-15(10-17(19)24)13-25-21(16)18-12-20(27-14-26-18)29-8-6-28(5-4-23)7-9-29;1-14-10-26(11-15(2)28-14)21-8-20(24-13-25-21)22-19-7-17(4-3-16(19)9-23-22)29-18-5-6-27-12-18;2*1-2-15(27-16-3-6-26-12-16)9-17-14(1)11-21-20(17)18-10-19(23-13-22-18)24-4-7-25-8-5-24/h11-13,15H,3-10,14H2,1-2H3;10-12,14H,2-9,13H2,1H3;3-4,7-8,13-15,18H,5-6,9-12H2,1-2H3;2*1-2,9-10,13,16H,3-8,11-12H2/t;;14-,15+,18-;2*16-/m..110/s1. The number of methoxy groups -OCH3 is 1. The van der Waals surface area contributed by atoms with Crippen LogP contribution in [0.2, 0.25) is 0 Å². The summed E-state index contributed by atoms with van der Waals surface area (Å²) in [5.41, 5.74) is 18.2. The van der Waals surface area contributed by atoms with Gasteiger partial charge in [0.2, 0.25) is 0 Å². The van der Waals surface area contributed by atoms with Gasteiger partial charge in [0.1, 0.15) is 114 Å². The van der Waals surface area contributed by atoms with Gasteiger partial charge in [0.15, 0.2) is 23.1 Å². The molecule has 10 aromatic rings. The van der Waals surface area contributed by atoms with Gasteiger partial charge in [0.05, 0.1) is 175 Å². The highest BCUT2D eigenvalue weighted by molar-refractivity contribution is 6.17. The Morgan fingerprint density at radius 1 is 0.347 bits per heavy atom. The second-order valence-electron chi connectivity index (χ2n) is 39.1. The summed E-state index contributed by atoms with van der Waals surface area (Å²) in [6.07, 6.45) is 15.4. The minimum Gasteiger partial charge on any atom is -0.488 e. The van der Waals surface area contributed by atoms with Crippen molar-refractivity contribution in [1.29, 1.82) is 0 Å². The fourth-order valence-electron chi connectivity index (χ4n) is 19.8. The minimum atomic E-state index is -0.340. The number of aromatic nitrogens is 10. The van der Waals surface area contributed by atoms with E-state index in [1.807, 2.05) is 62.4 Å². The largest absolute Gasteiger partial charge is 0.488 e. The molecule has 0 unspecified atom stereocenters. The van der Waals surface area contributed by atoms with Crippen LogP contribution in [0.4, 0.5) is 42.3 Å². The molecule has 13 aliphatic heterocycles. The average Bonchev–Trinajstić information content (AvgIpc) is 1.61. The lowest BCUT2D eigenvalue weighted by Gasteiger charge is -2.36. The molecule has 10 fully saturated rings. The quantitative estimate of drug-likeness (QED) is 0.0513. The number of piperazine rings is 2. The topological polar surface area (TPSA) is 324 Å². The zero-order chi connectivity index (χ0) is 98.0. The number of hydrogen-bond acceptors (Lipinski definition) is 34. The number of hydrogen-bond donors (Lipinski definition) is 0. The summed E-state index contributed by atoms with van der Waals surface area (Å²) < 4.78 is 110. The predicted octanol–water partition coefficient (Wildman–Crippen LogP) is 11.9. The normalized spacial score (nSPS) is 22.0. The first-order valence-corrected chi connectivity index (χ1v) is 50.5. The van der Waals surface area contributed by atoms with E-state index in [2.05, 4.69) is 144 Å². The van der Waals surface area contributed by atoms with Crippen LogP contribution in [0.15, 0.2) is 166 Å². The number of ether oxygens (including phenoxy) is 12. The predicted molar refractivity (Wildman–Crippen MR) is 539 cm³/mol. The highest BCUT2D eigenvalue weighted by atomic mass is 19.1. The lowest BCUT2D eigenvalue weighted by Crippen LogP contribution is -2.47. The maximum atomic E-state index is 14.5. The molecule has 2 saturated carbocycles. The fraction of sp³-hybridized carbons (Fsp3) is 0.486. The number of benzene rings is 5. The van der Waals surface area contributed by atoms with E-state index in [1.165, 1.54) is 22.8 Å². The van der Waals surface area contributed by atoms with Crippen molar-refractivity contribution in [1.82, 2.24) is 59.6 Å². The van der Waals surface area contributed by atoms with Gasteiger partial charge >= 0.3 is 0 Å². The number of aliphatic imine (C=N–C) groups is 5. The van der Waals surface area contributed by atoms with E-state index in [0.29, 0.717) is 64.8 Å². The van der Waals surface area contributed by atoms with Crippen LogP contribution in [-0.2, 0) is 65.9 Å². The molecule has 5 aromatic carbocycles. The maximum Gasteiger partial charge on any atom is 0.165 e. The number of morpholine rings is 3. The Kier molecular flexibility index (Phi) is 30.1. The van der Waals surface area contributed by atoms with Gasteiger partial charge in [-0.25, -0.2) is 63.0 Å². The number of fused-ring (bicyclic) bond motifs is 5. The van der Waals surface area contributed by atoms with Crippen LogP contribution < -0.4 is 48.2 Å². The third kappa shape index (κ3) is 23.4. The Balaban J connectivity index is 0.000000106. The van der Waals surface area contributed by atoms with Crippen molar-refractivity contribution in [2.24, 2.45) is 25.0 Å². The van der Waals surface area contributed by atoms with E-state index in [-0.39, 0.29) is 65.8 Å². The SMILES string of the molecule is CC1(Oc2cc3c(cc2F)CN=C3c2cc(N3CCN(CCF)CC3)ncn2)CC1.COCCN1CCN(c2cc(C3=NCc4cc(F)c(OC5(C)CC5)cc43)ncn2)CC1.C[C@@H]1CN(c2cc(C3=NCc4ccc(O[C@@H]5CCOC5)cc43)ncn2)C[C@H](C)O1.c1nc(C2=NCc3ccc(O[C@@H]4CCOC4)cc32)cc(N2CCOCC2)n1.c1nc(C2=NCc3ccc(O[C@H]4CCOC4)cc32)cc(N2CCOCC2)n1. The number of rotatable bonds is 25. The second kappa shape index (κ2) is 44.5. The summed E-state index contributed by atoms with van der Waals surface area (Å²) in [5.74, 6) is 7.01. The summed E-state index contributed by atoms with van der Waals surface area (Å²) in [6, 6.07) is 35.3. The monoisotopic (exact) mass is 1960 g/mol. The Bertz CT molecular complexity index is 6230. The first-order chi connectivity index (χ1) is 70.5. The van der Waals surface area contributed by atoms with Crippen molar-refractivity contribution in [3.05, 3.63) is 237 Å². The van der Waals surface area contributed by atoms with Crippen LogP contribution in [0.5, 0.6) is 28.7 Å². The van der Waals surface area contributed by atoms with Crippen LogP contribution in [-0.4, -0.2) is 321 Å². The first-order valence-electron chi connectivity index (χ1n) is 50.5. The molecule has 0 spiro atoms. The molecule has 0 radical (unpaired) electrons. The van der Waals surface area contributed by atoms with E-state index in [9.17, 15) is 13.2 Å². The summed E-state index contributed by atoms with van der Waals surface area (Å²) in [7, 11) is 1.73. The summed E-state index contributed by atoms with van der Waals surface area (Å²) >= 11 is 0. The van der Waals surface area contributed by atoms with Gasteiger partial charge < -0.3 is 81.3 Å². The smallest absolute Gasteiger partial charge is 0.165 e. The highest BCUT2D eigenvalue weighted by Gasteiger charge is 2.43. The van der Waals surface area contributed by atoms with Gasteiger partial charge in [-0.3, -0.25) is 34.8 Å². The van der Waals surface area contributed by atoms with Crippen molar-refractivity contribution >= 4 is 57.6 Å². The minimum absolute atomic E-state index is 0.130. The second-order valence-corrected chi connectivity index (χ2v) is 39.1. The molecular formula is C107H123F3N22O12. The Labute approximate surface area is 836 Å². The van der Waals surface area contributed by atoms with Gasteiger partial charge in [-0.2, -0.15) is 0 Å². The van der Waals surface area contributed by atoms with E-state index in [4.69, 9.17) is 71.8 Å². The molecule has 0 N–H and O–H groups in total. The van der Waals surface area contributed by atoms with Crippen LogP contribution >= 0.6 is 0 Å². The van der Waals surface area contributed by atoms with Gasteiger partial charge in [-0.15, -0.1) is 0 Å². The van der Waals surface area contributed by atoms with Crippen molar-refractivity contribution < 1.29 is 70.0 Å². The maximum absolute atomic E-state index is 14.5. The average molecular weight is 1970 g/mol. The molecule has 2 aliphatic carbocycles. The molecule has 18 heterocycles. The lowest BCUT2D eigenvalue weighted by molar-refractivity contribution is -0.00547. The Hall–Kier alpha value is -12.7. The van der Waals surface area contributed by atoms with E-state index < -0.39 is 0 Å². The lowest BCUT2D eigenvalue weighted by atomic mass is 10.0. The van der Waals surface area contributed by atoms with E-state index in [0.717, 1.165) is 338 Å². The van der Waals surface area contributed by atoms with Crippen molar-refractivity contribution in [2.45, 2.75) is 147 Å². The summed E-state index contributed by atoms with van der Waals surface area (Å²) in [5, 5.41) is 0. The van der Waals surface area contributed by atoms with Crippen LogP contribution in [0, 0.1) is 11.6 Å². The van der Waals surface area contributed by atoms with Crippen LogP contribution in [0.1, 0.15) is 157 Å². The molecule has 34 nitrogen and oxygen atoms in total. The fourth-order valence-corrected chi connectivity index (χ4v) is 19.8. The summed E-state index contributed by atoms with van der Waals surface area (Å²) in [6.45, 7) is 32.2. The zero-order valence-electron chi connectivity index (χ0n) is 82.3. The van der Waals surface area contributed by atoms with Crippen LogP contribution in [0.25, 0.3) is 0 Å². The highest BCUT2D eigenvalue weighted by Crippen LogP contribution is 2.44.